The molecule has 3 heteroatoms. The second kappa shape index (κ2) is 4.37. The molecule has 3 aromatic rings. The molecule has 0 saturated carbocycles. The van der Waals surface area contributed by atoms with E-state index in [-0.39, 0.29) is 12.2 Å². The molecular weight excluding hydrogens is 240 g/mol. The highest BCUT2D eigenvalue weighted by Crippen LogP contribution is 2.29. The molecule has 94 valence electrons. The third-order valence-electron chi connectivity index (χ3n) is 3.29. The predicted octanol–water partition coefficient (Wildman–Crippen LogP) is 3.08. The summed E-state index contributed by atoms with van der Waals surface area (Å²) < 4.78 is 5.30. The van der Waals surface area contributed by atoms with Crippen LogP contribution in [0.4, 0.5) is 0 Å². The molecule has 1 N–H and O–H groups in total. The number of aliphatic hydroxyl groups is 1. The van der Waals surface area contributed by atoms with E-state index >= 15 is 0 Å². The van der Waals surface area contributed by atoms with E-state index in [4.69, 9.17) is 4.42 Å². The van der Waals surface area contributed by atoms with Crippen LogP contribution in [0.25, 0.3) is 27.8 Å². The molecule has 1 heterocycles. The van der Waals surface area contributed by atoms with E-state index in [0.717, 1.165) is 21.9 Å². The van der Waals surface area contributed by atoms with Gasteiger partial charge in [0.05, 0.1) is 12.0 Å². The van der Waals surface area contributed by atoms with Gasteiger partial charge in [-0.15, -0.1) is 0 Å². The number of fused-ring (bicyclic) bond motifs is 3. The van der Waals surface area contributed by atoms with E-state index in [9.17, 15) is 9.90 Å². The lowest BCUT2D eigenvalue weighted by atomic mass is 9.97. The maximum Gasteiger partial charge on any atom is 0.344 e. The molecule has 0 bridgehead atoms. The SMILES string of the molecule is C=Cc1c(CO)ccc2c(=O)oc3ccccc3c12. The van der Waals surface area contributed by atoms with Crippen molar-refractivity contribution in [1.82, 2.24) is 0 Å². The molecule has 0 aliphatic heterocycles. The topological polar surface area (TPSA) is 50.4 Å². The lowest BCUT2D eigenvalue weighted by molar-refractivity contribution is 0.282. The third kappa shape index (κ3) is 1.67. The Hall–Kier alpha value is -2.39. The van der Waals surface area contributed by atoms with Crippen LogP contribution >= 0.6 is 0 Å². The predicted molar refractivity (Wildman–Crippen MR) is 76.0 cm³/mol. The van der Waals surface area contributed by atoms with Crippen molar-refractivity contribution in [3.63, 3.8) is 0 Å². The zero-order valence-corrected chi connectivity index (χ0v) is 10.2. The average Bonchev–Trinajstić information content (AvgIpc) is 2.46. The summed E-state index contributed by atoms with van der Waals surface area (Å²) in [5.74, 6) is 0. The molecule has 0 fully saturated rings. The summed E-state index contributed by atoms with van der Waals surface area (Å²) in [4.78, 5) is 12.0. The van der Waals surface area contributed by atoms with Crippen molar-refractivity contribution in [3.05, 3.63) is 64.5 Å². The van der Waals surface area contributed by atoms with Gasteiger partial charge in [-0.1, -0.05) is 36.9 Å². The largest absolute Gasteiger partial charge is 0.422 e. The summed E-state index contributed by atoms with van der Waals surface area (Å²) in [5.41, 5.74) is 1.70. The first-order valence-corrected chi connectivity index (χ1v) is 5.97. The summed E-state index contributed by atoms with van der Waals surface area (Å²) in [7, 11) is 0. The fourth-order valence-electron chi connectivity index (χ4n) is 2.41. The van der Waals surface area contributed by atoms with Crippen LogP contribution in [-0.4, -0.2) is 5.11 Å². The number of aliphatic hydroxyl groups excluding tert-OH is 1. The lowest BCUT2D eigenvalue weighted by Gasteiger charge is -2.09. The van der Waals surface area contributed by atoms with E-state index in [1.165, 1.54) is 0 Å². The summed E-state index contributed by atoms with van der Waals surface area (Å²) in [6, 6.07) is 10.8. The molecule has 0 amide bonds. The maximum absolute atomic E-state index is 12.0. The van der Waals surface area contributed by atoms with E-state index in [2.05, 4.69) is 6.58 Å². The Morgan fingerprint density at radius 2 is 1.95 bits per heavy atom. The van der Waals surface area contributed by atoms with Crippen LogP contribution < -0.4 is 5.63 Å². The molecule has 19 heavy (non-hydrogen) atoms. The highest BCUT2D eigenvalue weighted by molar-refractivity contribution is 6.08. The molecule has 0 spiro atoms. The minimum atomic E-state index is -0.374. The molecule has 0 atom stereocenters. The van der Waals surface area contributed by atoms with E-state index in [1.807, 2.05) is 18.2 Å². The van der Waals surface area contributed by atoms with Gasteiger partial charge in [-0.05, 0) is 23.3 Å². The second-order valence-electron chi connectivity index (χ2n) is 4.31. The van der Waals surface area contributed by atoms with Crippen molar-refractivity contribution < 1.29 is 9.52 Å². The molecule has 1 aromatic heterocycles. The fourth-order valence-corrected chi connectivity index (χ4v) is 2.41. The molecule has 0 aliphatic rings. The Bertz CT molecular complexity index is 844. The van der Waals surface area contributed by atoms with Crippen molar-refractivity contribution >= 4 is 27.8 Å². The fraction of sp³-hybridized carbons (Fsp3) is 0.0625. The Labute approximate surface area is 109 Å². The van der Waals surface area contributed by atoms with Gasteiger partial charge in [-0.3, -0.25) is 0 Å². The van der Waals surface area contributed by atoms with Crippen LogP contribution in [0, 0.1) is 0 Å². The Morgan fingerprint density at radius 1 is 1.16 bits per heavy atom. The zero-order valence-electron chi connectivity index (χ0n) is 10.2. The van der Waals surface area contributed by atoms with Gasteiger partial charge < -0.3 is 9.52 Å². The molecule has 0 aliphatic carbocycles. The van der Waals surface area contributed by atoms with Gasteiger partial charge in [0.2, 0.25) is 0 Å². The van der Waals surface area contributed by atoms with Gasteiger partial charge in [0.1, 0.15) is 5.58 Å². The first-order valence-electron chi connectivity index (χ1n) is 5.97. The standard InChI is InChI=1S/C16H12O3/c1-2-11-10(9-17)7-8-13-15(11)12-5-3-4-6-14(12)19-16(13)18/h2-8,17H,1,9H2. The summed E-state index contributed by atoms with van der Waals surface area (Å²) in [5, 5.41) is 11.5. The van der Waals surface area contributed by atoms with E-state index < -0.39 is 0 Å². The molecule has 2 aromatic carbocycles. The lowest BCUT2D eigenvalue weighted by Crippen LogP contribution is -2.02. The smallest absolute Gasteiger partial charge is 0.344 e. The van der Waals surface area contributed by atoms with Crippen molar-refractivity contribution in [2.45, 2.75) is 6.61 Å². The number of benzene rings is 2. The van der Waals surface area contributed by atoms with Crippen molar-refractivity contribution in [2.75, 3.05) is 0 Å². The number of hydrogen-bond donors (Lipinski definition) is 1. The quantitative estimate of drug-likeness (QED) is 0.563. The van der Waals surface area contributed by atoms with Gasteiger partial charge in [0, 0.05) is 10.8 Å². The molecule has 0 radical (unpaired) electrons. The van der Waals surface area contributed by atoms with Gasteiger partial charge in [0.15, 0.2) is 0 Å². The van der Waals surface area contributed by atoms with Gasteiger partial charge in [0.25, 0.3) is 0 Å². The van der Waals surface area contributed by atoms with Gasteiger partial charge in [-0.2, -0.15) is 0 Å². The Morgan fingerprint density at radius 3 is 2.68 bits per heavy atom. The molecular formula is C16H12O3. The molecule has 3 rings (SSSR count). The maximum atomic E-state index is 12.0. The minimum absolute atomic E-state index is 0.0914. The second-order valence-corrected chi connectivity index (χ2v) is 4.31. The summed E-state index contributed by atoms with van der Waals surface area (Å²) in [6.45, 7) is 3.69. The van der Waals surface area contributed by atoms with E-state index in [0.29, 0.717) is 11.0 Å². The third-order valence-corrected chi connectivity index (χ3v) is 3.29. The van der Waals surface area contributed by atoms with Crippen molar-refractivity contribution in [1.29, 1.82) is 0 Å². The van der Waals surface area contributed by atoms with Crippen molar-refractivity contribution in [3.8, 4) is 0 Å². The van der Waals surface area contributed by atoms with Crippen LogP contribution in [0.3, 0.4) is 0 Å². The van der Waals surface area contributed by atoms with Crippen LogP contribution in [0.15, 0.2) is 52.2 Å². The number of hydrogen-bond acceptors (Lipinski definition) is 3. The normalized spacial score (nSPS) is 11.0. The Kier molecular flexibility index (Phi) is 2.69. The summed E-state index contributed by atoms with van der Waals surface area (Å²) >= 11 is 0. The first kappa shape index (κ1) is 11.7. The first-order chi connectivity index (χ1) is 9.26. The molecule has 0 saturated heterocycles. The van der Waals surface area contributed by atoms with Gasteiger partial charge in [-0.25, -0.2) is 4.79 Å². The monoisotopic (exact) mass is 252 g/mol. The average molecular weight is 252 g/mol. The van der Waals surface area contributed by atoms with Gasteiger partial charge >= 0.3 is 5.63 Å². The summed E-state index contributed by atoms with van der Waals surface area (Å²) in [6.07, 6.45) is 1.67. The number of rotatable bonds is 2. The molecule has 0 unspecified atom stereocenters. The van der Waals surface area contributed by atoms with E-state index in [1.54, 1.807) is 24.3 Å². The zero-order chi connectivity index (χ0) is 13.4. The number of para-hydroxylation sites is 1. The highest BCUT2D eigenvalue weighted by atomic mass is 16.4. The van der Waals surface area contributed by atoms with Crippen LogP contribution in [0.1, 0.15) is 11.1 Å². The highest BCUT2D eigenvalue weighted by Gasteiger charge is 2.12. The van der Waals surface area contributed by atoms with Crippen LogP contribution in [0.5, 0.6) is 0 Å². The van der Waals surface area contributed by atoms with Crippen LogP contribution in [-0.2, 0) is 6.61 Å². The minimum Gasteiger partial charge on any atom is -0.422 e. The van der Waals surface area contributed by atoms with Crippen molar-refractivity contribution in [2.24, 2.45) is 0 Å². The van der Waals surface area contributed by atoms with Crippen LogP contribution in [0.2, 0.25) is 0 Å². The Balaban J connectivity index is 2.66. The molecule has 3 nitrogen and oxygen atoms in total.